The molecule has 6 rings (SSSR count). The lowest BCUT2D eigenvalue weighted by Crippen LogP contribution is -2.30. The Morgan fingerprint density at radius 3 is 2.59 bits per heavy atom. The number of methoxy groups -OCH3 is 1. The number of nitrogens with one attached hydrogen (secondary N) is 1. The van der Waals surface area contributed by atoms with E-state index in [1.165, 1.54) is 0 Å². The lowest BCUT2D eigenvalue weighted by molar-refractivity contribution is 0.185. The van der Waals surface area contributed by atoms with Crippen LogP contribution in [0.5, 0.6) is 0 Å². The first-order chi connectivity index (χ1) is 18.4. The fraction of sp³-hybridized carbons (Fsp3) is 0.321. The molecule has 0 saturated heterocycles. The minimum atomic E-state index is -0.230. The Kier molecular flexibility index (Phi) is 7.19. The number of benzene rings is 2. The third-order valence-electron chi connectivity index (χ3n) is 7.30. The molecule has 2 aromatic carbocycles. The number of aromatic nitrogens is 6. The van der Waals surface area contributed by atoms with E-state index in [1.54, 1.807) is 65.5 Å². The topological polar surface area (TPSA) is 83.8 Å². The molecule has 4 heterocycles. The Labute approximate surface area is 231 Å². The normalized spacial score (nSPS) is 14.9. The van der Waals surface area contributed by atoms with E-state index >= 15 is 0 Å². The van der Waals surface area contributed by atoms with Gasteiger partial charge in [0.2, 0.25) is 0 Å². The van der Waals surface area contributed by atoms with Crippen LogP contribution in [0.4, 0.5) is 4.39 Å². The van der Waals surface area contributed by atoms with Crippen LogP contribution in [0.2, 0.25) is 0 Å². The van der Waals surface area contributed by atoms with E-state index in [4.69, 9.17) is 9.84 Å². The highest BCUT2D eigenvalue weighted by atomic mass is 35.5. The molecule has 1 atom stereocenters. The van der Waals surface area contributed by atoms with Gasteiger partial charge in [-0.1, -0.05) is 0 Å². The Hall–Kier alpha value is -3.73. The molecule has 0 fully saturated rings. The van der Waals surface area contributed by atoms with Crippen molar-refractivity contribution in [1.82, 2.24) is 34.0 Å². The molecule has 3 aromatic heterocycles. The maximum atomic E-state index is 14.5. The molecule has 1 aliphatic heterocycles. The Bertz CT molecular complexity index is 1710. The highest BCUT2D eigenvalue weighted by molar-refractivity contribution is 5.85. The van der Waals surface area contributed by atoms with Crippen LogP contribution in [-0.2, 0) is 17.7 Å². The number of hydrogen-bond acceptors (Lipinski definition) is 5. The zero-order valence-electron chi connectivity index (χ0n) is 22.3. The van der Waals surface area contributed by atoms with Crippen LogP contribution in [0, 0.1) is 19.7 Å². The van der Waals surface area contributed by atoms with Crippen molar-refractivity contribution in [3.8, 4) is 17.2 Å². The molecule has 204 valence electrons. The van der Waals surface area contributed by atoms with Crippen LogP contribution in [0.3, 0.4) is 0 Å². The fourth-order valence-electron chi connectivity index (χ4n) is 5.37. The number of imidazole rings is 1. The highest BCUT2D eigenvalue weighted by Gasteiger charge is 2.29. The van der Waals surface area contributed by atoms with Crippen LogP contribution < -0.4 is 11.0 Å². The number of nitrogens with zero attached hydrogens (tertiary/aromatic N) is 6. The van der Waals surface area contributed by atoms with Gasteiger partial charge in [-0.2, -0.15) is 10.2 Å². The average Bonchev–Trinajstić information content (AvgIpc) is 3.60. The predicted molar refractivity (Wildman–Crippen MR) is 150 cm³/mol. The minimum Gasteiger partial charge on any atom is -0.383 e. The second kappa shape index (κ2) is 10.4. The second-order valence-corrected chi connectivity index (χ2v) is 9.84. The van der Waals surface area contributed by atoms with E-state index in [0.717, 1.165) is 46.5 Å². The SMILES string of the molecule is COCCn1ncc2cc(-n3ccn(-c4c5c(nn4-c4cc(C)c(F)c(C)c4)CCN[C@H]5C)c3=O)ccc21.Cl. The van der Waals surface area contributed by atoms with Crippen molar-refractivity contribution in [1.29, 1.82) is 0 Å². The van der Waals surface area contributed by atoms with Crippen LogP contribution >= 0.6 is 12.4 Å². The average molecular weight is 552 g/mol. The van der Waals surface area contributed by atoms with Gasteiger partial charge in [-0.15, -0.1) is 12.4 Å². The van der Waals surface area contributed by atoms with Crippen LogP contribution in [0.25, 0.3) is 28.1 Å². The highest BCUT2D eigenvalue weighted by Crippen LogP contribution is 2.31. The lowest BCUT2D eigenvalue weighted by Gasteiger charge is -2.21. The van der Waals surface area contributed by atoms with Gasteiger partial charge >= 0.3 is 5.69 Å². The summed E-state index contributed by atoms with van der Waals surface area (Å²) in [5, 5.41) is 13.8. The van der Waals surface area contributed by atoms with E-state index in [9.17, 15) is 9.18 Å². The van der Waals surface area contributed by atoms with Gasteiger partial charge in [0.25, 0.3) is 0 Å². The Balaban J connectivity index is 0.00000308. The first-order valence-corrected chi connectivity index (χ1v) is 12.7. The van der Waals surface area contributed by atoms with Crippen LogP contribution in [0.15, 0.2) is 53.7 Å². The molecule has 0 radical (unpaired) electrons. The van der Waals surface area contributed by atoms with Crippen molar-refractivity contribution < 1.29 is 9.13 Å². The Morgan fingerprint density at radius 2 is 1.85 bits per heavy atom. The largest absolute Gasteiger partial charge is 0.383 e. The predicted octanol–water partition coefficient (Wildman–Crippen LogP) is 4.19. The summed E-state index contributed by atoms with van der Waals surface area (Å²) in [6.45, 7) is 7.59. The maximum absolute atomic E-state index is 14.5. The van der Waals surface area contributed by atoms with E-state index in [2.05, 4.69) is 17.3 Å². The summed E-state index contributed by atoms with van der Waals surface area (Å²) in [6, 6.07) is 9.41. The molecule has 0 bridgehead atoms. The van der Waals surface area contributed by atoms with Crippen molar-refractivity contribution in [3.63, 3.8) is 0 Å². The first-order valence-electron chi connectivity index (χ1n) is 12.7. The minimum absolute atomic E-state index is 0. The molecule has 1 N–H and O–H groups in total. The molecule has 11 heteroatoms. The molecule has 0 amide bonds. The number of hydrogen-bond donors (Lipinski definition) is 1. The first kappa shape index (κ1) is 26.9. The molecule has 0 aliphatic carbocycles. The lowest BCUT2D eigenvalue weighted by atomic mass is 10.0. The molecule has 39 heavy (non-hydrogen) atoms. The summed E-state index contributed by atoms with van der Waals surface area (Å²) in [7, 11) is 1.67. The van der Waals surface area contributed by atoms with Gasteiger partial charge in [0.05, 0.1) is 41.9 Å². The number of halogens is 2. The monoisotopic (exact) mass is 551 g/mol. The van der Waals surface area contributed by atoms with Crippen LogP contribution in [-0.4, -0.2) is 49.0 Å². The summed E-state index contributed by atoms with van der Waals surface area (Å²) in [4.78, 5) is 13.9. The maximum Gasteiger partial charge on any atom is 0.338 e. The van der Waals surface area contributed by atoms with E-state index < -0.39 is 0 Å². The molecule has 0 spiro atoms. The van der Waals surface area contributed by atoms with Crippen LogP contribution in [0.1, 0.15) is 35.3 Å². The summed E-state index contributed by atoms with van der Waals surface area (Å²) in [5.74, 6) is 0.439. The van der Waals surface area contributed by atoms with E-state index in [0.29, 0.717) is 30.1 Å². The smallest absolute Gasteiger partial charge is 0.338 e. The van der Waals surface area contributed by atoms with Gasteiger partial charge in [-0.25, -0.2) is 13.9 Å². The summed E-state index contributed by atoms with van der Waals surface area (Å²) >= 11 is 0. The van der Waals surface area contributed by atoms with Crippen molar-refractivity contribution in [2.24, 2.45) is 0 Å². The van der Waals surface area contributed by atoms with Crippen molar-refractivity contribution in [2.45, 2.75) is 39.8 Å². The summed E-state index contributed by atoms with van der Waals surface area (Å²) < 4.78 is 26.6. The molecule has 0 saturated carbocycles. The van der Waals surface area contributed by atoms with Gasteiger partial charge in [0.1, 0.15) is 11.6 Å². The van der Waals surface area contributed by atoms with Gasteiger partial charge in [0.15, 0.2) is 0 Å². The van der Waals surface area contributed by atoms with Crippen molar-refractivity contribution in [2.75, 3.05) is 20.3 Å². The molecular weight excluding hydrogens is 521 g/mol. The second-order valence-electron chi connectivity index (χ2n) is 9.84. The zero-order valence-corrected chi connectivity index (χ0v) is 23.1. The number of aryl methyl sites for hydroxylation is 2. The summed E-state index contributed by atoms with van der Waals surface area (Å²) in [5.41, 5.74) is 5.22. The van der Waals surface area contributed by atoms with E-state index in [-0.39, 0.29) is 30.0 Å². The van der Waals surface area contributed by atoms with Crippen molar-refractivity contribution >= 4 is 23.3 Å². The molecular formula is C28H31ClFN7O2. The van der Waals surface area contributed by atoms with Gasteiger partial charge in [-0.3, -0.25) is 13.8 Å². The number of fused-ring (bicyclic) bond motifs is 2. The molecule has 5 aromatic rings. The molecule has 1 aliphatic rings. The standard InChI is InChI=1S/C28H30FN7O2.ClH/c1-17-13-22(14-18(2)26(17)29)36-27(25-19(3)30-8-7-23(25)32-36)34-10-9-33(28(34)37)21-5-6-24-20(15-21)16-31-35(24)11-12-38-4;/h5-6,9-10,13-16,19,30H,7-8,11-12H2,1-4H3;1H/t19-;/m0./s1. The zero-order chi connectivity index (χ0) is 26.6. The summed E-state index contributed by atoms with van der Waals surface area (Å²) in [6.07, 6.45) is 6.09. The molecule has 0 unspecified atom stereocenters. The van der Waals surface area contributed by atoms with E-state index in [1.807, 2.05) is 22.9 Å². The van der Waals surface area contributed by atoms with Gasteiger partial charge in [0, 0.05) is 49.5 Å². The number of rotatable bonds is 6. The number of ether oxygens (including phenoxy) is 1. The fourth-order valence-corrected chi connectivity index (χ4v) is 5.37. The quantitative estimate of drug-likeness (QED) is 0.342. The Morgan fingerprint density at radius 1 is 1.10 bits per heavy atom. The third kappa shape index (κ3) is 4.48. The van der Waals surface area contributed by atoms with Gasteiger partial charge in [-0.05, 0) is 62.2 Å². The van der Waals surface area contributed by atoms with Crippen molar-refractivity contribution in [3.05, 3.63) is 87.6 Å². The third-order valence-corrected chi connectivity index (χ3v) is 7.30. The molecule has 9 nitrogen and oxygen atoms in total. The van der Waals surface area contributed by atoms with Gasteiger partial charge < -0.3 is 10.1 Å².